The minimum atomic E-state index is 0.411. The molecule has 2 nitrogen and oxygen atoms in total. The number of hydrogen-bond acceptors (Lipinski definition) is 3. The zero-order valence-corrected chi connectivity index (χ0v) is 13.1. The van der Waals surface area contributed by atoms with Crippen LogP contribution >= 0.6 is 22.9 Å². The van der Waals surface area contributed by atoms with Gasteiger partial charge in [-0.1, -0.05) is 23.7 Å². The van der Waals surface area contributed by atoms with Gasteiger partial charge in [0.15, 0.2) is 0 Å². The minimum absolute atomic E-state index is 0.411. The molecule has 2 rings (SSSR count). The molecule has 1 atom stereocenters. The molecular formula is C15H19ClN2S. The van der Waals surface area contributed by atoms with Crippen molar-refractivity contribution in [3.8, 4) is 0 Å². The molecule has 2 aromatic rings. The topological polar surface area (TPSA) is 24.9 Å². The summed E-state index contributed by atoms with van der Waals surface area (Å²) < 4.78 is 0. The first-order chi connectivity index (χ1) is 9.10. The van der Waals surface area contributed by atoms with Crippen molar-refractivity contribution in [1.82, 2.24) is 10.3 Å². The Morgan fingerprint density at radius 3 is 2.74 bits per heavy atom. The Labute approximate surface area is 123 Å². The third kappa shape index (κ3) is 3.78. The van der Waals surface area contributed by atoms with Gasteiger partial charge in [0.05, 0.1) is 10.7 Å². The van der Waals surface area contributed by atoms with Gasteiger partial charge in [-0.25, -0.2) is 4.98 Å². The number of rotatable bonds is 5. The normalized spacial score (nSPS) is 12.6. The first-order valence-corrected chi connectivity index (χ1v) is 7.62. The molecule has 0 saturated heterocycles. The fourth-order valence-electron chi connectivity index (χ4n) is 2.15. The lowest BCUT2D eigenvalue weighted by molar-refractivity contribution is 0.623. The Morgan fingerprint density at radius 2 is 2.16 bits per heavy atom. The quantitative estimate of drug-likeness (QED) is 0.903. The van der Waals surface area contributed by atoms with E-state index in [9.17, 15) is 0 Å². The molecule has 0 amide bonds. The fraction of sp³-hybridized carbons (Fsp3) is 0.400. The van der Waals surface area contributed by atoms with Crippen molar-refractivity contribution in [2.75, 3.05) is 13.6 Å². The van der Waals surface area contributed by atoms with Gasteiger partial charge >= 0.3 is 0 Å². The number of aromatic nitrogens is 1. The summed E-state index contributed by atoms with van der Waals surface area (Å²) in [6.45, 7) is 5.13. The zero-order chi connectivity index (χ0) is 13.8. The Balaban J connectivity index is 2.20. The second kappa shape index (κ2) is 6.51. The highest BCUT2D eigenvalue weighted by molar-refractivity contribution is 7.11. The predicted octanol–water partition coefficient (Wildman–Crippen LogP) is 3.96. The number of benzene rings is 1. The van der Waals surface area contributed by atoms with Gasteiger partial charge in [-0.05, 0) is 38.6 Å². The van der Waals surface area contributed by atoms with Crippen LogP contribution < -0.4 is 5.32 Å². The molecule has 1 heterocycles. The van der Waals surface area contributed by atoms with E-state index in [1.165, 1.54) is 15.4 Å². The Hall–Kier alpha value is -0.900. The fourth-order valence-corrected chi connectivity index (χ4v) is 3.36. The lowest BCUT2D eigenvalue weighted by atomic mass is 9.96. The van der Waals surface area contributed by atoms with E-state index in [1.807, 2.05) is 19.2 Å². The van der Waals surface area contributed by atoms with Gasteiger partial charge in [0, 0.05) is 28.8 Å². The van der Waals surface area contributed by atoms with Crippen molar-refractivity contribution in [2.24, 2.45) is 0 Å². The summed E-state index contributed by atoms with van der Waals surface area (Å²) in [5.74, 6) is 0.411. The molecule has 1 aromatic heterocycles. The first kappa shape index (κ1) is 14.5. The summed E-state index contributed by atoms with van der Waals surface area (Å²) in [5.41, 5.74) is 2.42. The second-order valence-corrected chi connectivity index (χ2v) is 6.49. The van der Waals surface area contributed by atoms with Crippen molar-refractivity contribution < 1.29 is 0 Å². The van der Waals surface area contributed by atoms with Gasteiger partial charge in [0.2, 0.25) is 0 Å². The number of thiazole rings is 1. The summed E-state index contributed by atoms with van der Waals surface area (Å²) in [5, 5.41) is 5.26. The van der Waals surface area contributed by atoms with Gasteiger partial charge < -0.3 is 5.32 Å². The number of hydrogen-bond donors (Lipinski definition) is 1. The maximum absolute atomic E-state index is 6.09. The number of nitrogens with zero attached hydrogens (tertiary/aromatic N) is 1. The van der Waals surface area contributed by atoms with Crippen LogP contribution in [0.1, 0.15) is 27.1 Å². The molecule has 0 aliphatic heterocycles. The SMILES string of the molecule is CNCC(Cc1nc(C)c(C)s1)c1cccc(Cl)c1. The Kier molecular flexibility index (Phi) is 4.97. The van der Waals surface area contributed by atoms with E-state index in [0.717, 1.165) is 23.7 Å². The molecule has 0 aliphatic rings. The van der Waals surface area contributed by atoms with Gasteiger partial charge in [-0.2, -0.15) is 0 Å². The van der Waals surface area contributed by atoms with Crippen LogP contribution in [0.15, 0.2) is 24.3 Å². The first-order valence-electron chi connectivity index (χ1n) is 6.43. The molecule has 0 radical (unpaired) electrons. The van der Waals surface area contributed by atoms with E-state index in [1.54, 1.807) is 11.3 Å². The van der Waals surface area contributed by atoms with Crippen molar-refractivity contribution in [1.29, 1.82) is 0 Å². The van der Waals surface area contributed by atoms with Gasteiger partial charge in [0.25, 0.3) is 0 Å². The van der Waals surface area contributed by atoms with Crippen molar-refractivity contribution in [3.05, 3.63) is 50.4 Å². The number of likely N-dealkylation sites (N-methyl/N-ethyl adjacent to an activating group) is 1. The Morgan fingerprint density at radius 1 is 1.37 bits per heavy atom. The summed E-state index contributed by atoms with van der Waals surface area (Å²) in [6, 6.07) is 8.12. The summed E-state index contributed by atoms with van der Waals surface area (Å²) in [6.07, 6.45) is 0.959. The second-order valence-electron chi connectivity index (χ2n) is 4.76. The molecule has 0 fully saturated rings. The monoisotopic (exact) mass is 294 g/mol. The average Bonchev–Trinajstić information content (AvgIpc) is 2.68. The number of aryl methyl sites for hydroxylation is 2. The highest BCUT2D eigenvalue weighted by atomic mass is 35.5. The van der Waals surface area contributed by atoms with Crippen LogP contribution in [0.5, 0.6) is 0 Å². The summed E-state index contributed by atoms with van der Waals surface area (Å²) >= 11 is 7.88. The van der Waals surface area contributed by atoms with E-state index in [-0.39, 0.29) is 0 Å². The molecule has 1 unspecified atom stereocenters. The van der Waals surface area contributed by atoms with E-state index in [2.05, 4.69) is 36.3 Å². The van der Waals surface area contributed by atoms with Gasteiger partial charge in [0.1, 0.15) is 0 Å². The highest BCUT2D eigenvalue weighted by Crippen LogP contribution is 2.26. The third-order valence-electron chi connectivity index (χ3n) is 3.26. The van der Waals surface area contributed by atoms with Crippen molar-refractivity contribution in [3.63, 3.8) is 0 Å². The maximum Gasteiger partial charge on any atom is 0.0937 e. The largest absolute Gasteiger partial charge is 0.319 e. The molecule has 0 bridgehead atoms. The molecule has 4 heteroatoms. The molecule has 0 saturated carbocycles. The van der Waals surface area contributed by atoms with Crippen LogP contribution in [0.25, 0.3) is 0 Å². The van der Waals surface area contributed by atoms with Crippen molar-refractivity contribution in [2.45, 2.75) is 26.2 Å². The van der Waals surface area contributed by atoms with Crippen molar-refractivity contribution >= 4 is 22.9 Å². The van der Waals surface area contributed by atoms with Crippen LogP contribution in [-0.4, -0.2) is 18.6 Å². The van der Waals surface area contributed by atoms with Crippen LogP contribution in [-0.2, 0) is 6.42 Å². The molecule has 0 spiro atoms. The minimum Gasteiger partial charge on any atom is -0.319 e. The maximum atomic E-state index is 6.09. The zero-order valence-electron chi connectivity index (χ0n) is 11.5. The lowest BCUT2D eigenvalue weighted by Gasteiger charge is -2.16. The van der Waals surface area contributed by atoms with E-state index >= 15 is 0 Å². The number of halogens is 1. The summed E-state index contributed by atoms with van der Waals surface area (Å²) in [7, 11) is 1.98. The highest BCUT2D eigenvalue weighted by Gasteiger charge is 2.15. The van der Waals surface area contributed by atoms with E-state index in [4.69, 9.17) is 11.6 Å². The molecule has 1 N–H and O–H groups in total. The van der Waals surface area contributed by atoms with Gasteiger partial charge in [-0.3, -0.25) is 0 Å². The lowest BCUT2D eigenvalue weighted by Crippen LogP contribution is -2.19. The van der Waals surface area contributed by atoms with Gasteiger partial charge in [-0.15, -0.1) is 11.3 Å². The standard InChI is InChI=1S/C15H19ClN2S/c1-10-11(2)19-15(18-10)8-13(9-17-3)12-5-4-6-14(16)7-12/h4-7,13,17H,8-9H2,1-3H3. The summed E-state index contributed by atoms with van der Waals surface area (Å²) in [4.78, 5) is 5.95. The smallest absolute Gasteiger partial charge is 0.0937 e. The molecule has 1 aromatic carbocycles. The number of nitrogens with one attached hydrogen (secondary N) is 1. The Bertz CT molecular complexity index is 531. The molecular weight excluding hydrogens is 276 g/mol. The molecule has 19 heavy (non-hydrogen) atoms. The van der Waals surface area contributed by atoms with E-state index < -0.39 is 0 Å². The van der Waals surface area contributed by atoms with E-state index in [0.29, 0.717) is 5.92 Å². The molecule has 0 aliphatic carbocycles. The average molecular weight is 295 g/mol. The third-order valence-corrected chi connectivity index (χ3v) is 4.59. The van der Waals surface area contributed by atoms with Crippen LogP contribution in [0.4, 0.5) is 0 Å². The van der Waals surface area contributed by atoms with Crippen LogP contribution in [0.3, 0.4) is 0 Å². The molecule has 102 valence electrons. The predicted molar refractivity (Wildman–Crippen MR) is 83.4 cm³/mol. The van der Waals surface area contributed by atoms with Crippen LogP contribution in [0.2, 0.25) is 5.02 Å². The van der Waals surface area contributed by atoms with Crippen LogP contribution in [0, 0.1) is 13.8 Å².